The van der Waals surface area contributed by atoms with Gasteiger partial charge in [-0.3, -0.25) is 11.3 Å². The number of hydrogen-bond donors (Lipinski definition) is 2. The van der Waals surface area contributed by atoms with E-state index in [2.05, 4.69) is 21.4 Å². The van der Waals surface area contributed by atoms with Crippen LogP contribution in [0.3, 0.4) is 0 Å². The zero-order chi connectivity index (χ0) is 12.0. The van der Waals surface area contributed by atoms with E-state index < -0.39 is 0 Å². The minimum absolute atomic E-state index is 0.0536. The summed E-state index contributed by atoms with van der Waals surface area (Å²) in [4.78, 5) is 0. The molecule has 0 spiro atoms. The standard InChI is InChI=1S/C11H16BrFN2O/c1-16-4-2-3-11(15-14)8-5-9(12)7-10(13)6-8/h5-7,11,15H,2-4,14H2,1H3. The smallest absolute Gasteiger partial charge is 0.124 e. The largest absolute Gasteiger partial charge is 0.385 e. The number of ether oxygens (including phenoxy) is 1. The second-order valence-corrected chi connectivity index (χ2v) is 4.47. The predicted octanol–water partition coefficient (Wildman–Crippen LogP) is 2.52. The Morgan fingerprint density at radius 3 is 2.81 bits per heavy atom. The Morgan fingerprint density at radius 2 is 2.25 bits per heavy atom. The molecule has 1 aromatic carbocycles. The first kappa shape index (κ1) is 13.6. The molecule has 0 radical (unpaired) electrons. The number of hydrogen-bond acceptors (Lipinski definition) is 3. The molecule has 0 fully saturated rings. The number of nitrogens with two attached hydrogens (primary N) is 1. The lowest BCUT2D eigenvalue weighted by Gasteiger charge is -2.16. The number of benzene rings is 1. The average Bonchev–Trinajstić information content (AvgIpc) is 2.23. The Morgan fingerprint density at radius 1 is 1.50 bits per heavy atom. The van der Waals surface area contributed by atoms with Gasteiger partial charge in [-0.15, -0.1) is 0 Å². The van der Waals surface area contributed by atoms with Crippen LogP contribution < -0.4 is 11.3 Å². The summed E-state index contributed by atoms with van der Waals surface area (Å²) in [6.45, 7) is 0.675. The van der Waals surface area contributed by atoms with Gasteiger partial charge in [0.15, 0.2) is 0 Å². The van der Waals surface area contributed by atoms with Crippen molar-refractivity contribution in [3.05, 3.63) is 34.1 Å². The van der Waals surface area contributed by atoms with Crippen LogP contribution in [0.25, 0.3) is 0 Å². The van der Waals surface area contributed by atoms with Gasteiger partial charge in [0.05, 0.1) is 0 Å². The van der Waals surface area contributed by atoms with Crippen molar-refractivity contribution in [1.82, 2.24) is 5.43 Å². The van der Waals surface area contributed by atoms with E-state index in [4.69, 9.17) is 10.6 Å². The lowest BCUT2D eigenvalue weighted by molar-refractivity contribution is 0.189. The number of hydrazine groups is 1. The van der Waals surface area contributed by atoms with Gasteiger partial charge in [0.1, 0.15) is 5.82 Å². The summed E-state index contributed by atoms with van der Waals surface area (Å²) in [7, 11) is 1.66. The molecule has 0 aromatic heterocycles. The molecule has 0 aliphatic rings. The van der Waals surface area contributed by atoms with Gasteiger partial charge in [-0.25, -0.2) is 4.39 Å². The zero-order valence-corrected chi connectivity index (χ0v) is 10.8. The molecule has 1 atom stereocenters. The first-order valence-electron chi connectivity index (χ1n) is 5.08. The Bertz CT molecular complexity index is 316. The third kappa shape index (κ3) is 4.17. The van der Waals surface area contributed by atoms with Crippen LogP contribution in [-0.2, 0) is 4.74 Å². The van der Waals surface area contributed by atoms with Gasteiger partial charge in [0.2, 0.25) is 0 Å². The second-order valence-electron chi connectivity index (χ2n) is 3.56. The molecule has 0 saturated carbocycles. The Hall–Kier alpha value is -0.490. The highest BCUT2D eigenvalue weighted by Gasteiger charge is 2.11. The molecule has 3 nitrogen and oxygen atoms in total. The van der Waals surface area contributed by atoms with Crippen molar-refractivity contribution in [3.8, 4) is 0 Å². The summed E-state index contributed by atoms with van der Waals surface area (Å²) in [5.74, 6) is 5.19. The molecule has 16 heavy (non-hydrogen) atoms. The van der Waals surface area contributed by atoms with Gasteiger partial charge in [0, 0.05) is 24.2 Å². The molecule has 0 aliphatic carbocycles. The fraction of sp³-hybridized carbons (Fsp3) is 0.455. The third-order valence-electron chi connectivity index (χ3n) is 2.33. The van der Waals surface area contributed by atoms with E-state index in [-0.39, 0.29) is 11.9 Å². The lowest BCUT2D eigenvalue weighted by atomic mass is 10.0. The van der Waals surface area contributed by atoms with Crippen LogP contribution >= 0.6 is 15.9 Å². The highest BCUT2D eigenvalue weighted by Crippen LogP contribution is 2.23. The summed E-state index contributed by atoms with van der Waals surface area (Å²) in [5.41, 5.74) is 3.53. The normalized spacial score (nSPS) is 12.8. The zero-order valence-electron chi connectivity index (χ0n) is 9.17. The SMILES string of the molecule is COCCCC(NN)c1cc(F)cc(Br)c1. The maximum Gasteiger partial charge on any atom is 0.124 e. The highest BCUT2D eigenvalue weighted by atomic mass is 79.9. The van der Waals surface area contributed by atoms with E-state index in [1.54, 1.807) is 7.11 Å². The molecule has 0 amide bonds. The van der Waals surface area contributed by atoms with Crippen LogP contribution in [0.5, 0.6) is 0 Å². The Kier molecular flexibility index (Phi) is 5.90. The maximum atomic E-state index is 13.2. The summed E-state index contributed by atoms with van der Waals surface area (Å²) in [5, 5.41) is 0. The van der Waals surface area contributed by atoms with E-state index in [0.29, 0.717) is 6.61 Å². The van der Waals surface area contributed by atoms with E-state index in [9.17, 15) is 4.39 Å². The number of nitrogens with one attached hydrogen (secondary N) is 1. The van der Waals surface area contributed by atoms with E-state index >= 15 is 0 Å². The van der Waals surface area contributed by atoms with Gasteiger partial charge in [0.25, 0.3) is 0 Å². The second kappa shape index (κ2) is 6.96. The van der Waals surface area contributed by atoms with Crippen LogP contribution in [0.15, 0.2) is 22.7 Å². The molecule has 0 bridgehead atoms. The molecule has 0 aliphatic heterocycles. The van der Waals surface area contributed by atoms with Crippen LogP contribution in [-0.4, -0.2) is 13.7 Å². The lowest BCUT2D eigenvalue weighted by Crippen LogP contribution is -2.28. The van der Waals surface area contributed by atoms with E-state index in [0.717, 1.165) is 22.9 Å². The molecular weight excluding hydrogens is 275 g/mol. The molecule has 1 aromatic rings. The topological polar surface area (TPSA) is 47.3 Å². The number of methoxy groups -OCH3 is 1. The summed E-state index contributed by atoms with van der Waals surface area (Å²) >= 11 is 3.26. The number of rotatable bonds is 6. The molecule has 1 rings (SSSR count). The van der Waals surface area contributed by atoms with Crippen LogP contribution in [0.4, 0.5) is 4.39 Å². The molecule has 0 saturated heterocycles. The van der Waals surface area contributed by atoms with Crippen molar-refractivity contribution in [2.45, 2.75) is 18.9 Å². The van der Waals surface area contributed by atoms with Crippen molar-refractivity contribution >= 4 is 15.9 Å². The van der Waals surface area contributed by atoms with Crippen molar-refractivity contribution in [2.24, 2.45) is 5.84 Å². The summed E-state index contributed by atoms with van der Waals surface area (Å²) in [6.07, 6.45) is 1.68. The minimum atomic E-state index is -0.267. The average molecular weight is 291 g/mol. The van der Waals surface area contributed by atoms with Crippen molar-refractivity contribution in [2.75, 3.05) is 13.7 Å². The van der Waals surface area contributed by atoms with Gasteiger partial charge < -0.3 is 4.74 Å². The van der Waals surface area contributed by atoms with E-state index in [1.807, 2.05) is 6.07 Å². The third-order valence-corrected chi connectivity index (χ3v) is 2.79. The van der Waals surface area contributed by atoms with Crippen LogP contribution in [0.1, 0.15) is 24.4 Å². The van der Waals surface area contributed by atoms with Crippen LogP contribution in [0.2, 0.25) is 0 Å². The summed E-state index contributed by atoms with van der Waals surface area (Å²) < 4.78 is 18.9. The fourth-order valence-electron chi connectivity index (χ4n) is 1.55. The molecule has 3 N–H and O–H groups in total. The first-order chi connectivity index (χ1) is 7.67. The van der Waals surface area contributed by atoms with Crippen molar-refractivity contribution in [1.29, 1.82) is 0 Å². The quantitative estimate of drug-likeness (QED) is 0.481. The molecule has 0 heterocycles. The van der Waals surface area contributed by atoms with Crippen molar-refractivity contribution < 1.29 is 9.13 Å². The molecule has 1 unspecified atom stereocenters. The molecule has 90 valence electrons. The van der Waals surface area contributed by atoms with E-state index in [1.165, 1.54) is 12.1 Å². The van der Waals surface area contributed by atoms with Gasteiger partial charge in [-0.2, -0.15) is 0 Å². The highest BCUT2D eigenvalue weighted by molar-refractivity contribution is 9.10. The maximum absolute atomic E-state index is 13.2. The van der Waals surface area contributed by atoms with Crippen LogP contribution in [0, 0.1) is 5.82 Å². The number of halogens is 2. The van der Waals surface area contributed by atoms with Gasteiger partial charge in [-0.1, -0.05) is 15.9 Å². The Balaban J connectivity index is 2.70. The minimum Gasteiger partial charge on any atom is -0.385 e. The monoisotopic (exact) mass is 290 g/mol. The predicted molar refractivity (Wildman–Crippen MR) is 65.3 cm³/mol. The first-order valence-corrected chi connectivity index (χ1v) is 5.87. The Labute approximate surface area is 103 Å². The molecular formula is C11H16BrFN2O. The summed E-state index contributed by atoms with van der Waals surface area (Å²) in [6, 6.07) is 4.72. The fourth-order valence-corrected chi connectivity index (χ4v) is 2.04. The van der Waals surface area contributed by atoms with Gasteiger partial charge in [-0.05, 0) is 36.6 Å². The van der Waals surface area contributed by atoms with Crippen molar-refractivity contribution in [3.63, 3.8) is 0 Å². The van der Waals surface area contributed by atoms with Gasteiger partial charge >= 0.3 is 0 Å². The molecule has 5 heteroatoms.